The molecule has 2 aliphatic rings. The summed E-state index contributed by atoms with van der Waals surface area (Å²) in [7, 11) is 1.92. The largest absolute Gasteiger partial charge is 0.444 e. The summed E-state index contributed by atoms with van der Waals surface area (Å²) in [5.41, 5.74) is 1.13. The molecule has 0 aromatic heterocycles. The fraction of sp³-hybridized carbons (Fsp3) is 0.667. The minimum atomic E-state index is -0.448. The molecule has 0 N–H and O–H groups in total. The Hall–Kier alpha value is -1.55. The predicted octanol–water partition coefficient (Wildman–Crippen LogP) is 4.30. The summed E-state index contributed by atoms with van der Waals surface area (Å²) in [4.78, 5) is 17.0. The second-order valence-electron chi connectivity index (χ2n) is 8.83. The van der Waals surface area contributed by atoms with E-state index in [1.165, 1.54) is 31.2 Å². The Bertz CT molecular complexity index is 588. The molecular weight excluding hydrogens is 312 g/mol. The summed E-state index contributed by atoms with van der Waals surface area (Å²) >= 11 is 0. The van der Waals surface area contributed by atoms with Gasteiger partial charge in [0, 0.05) is 32.1 Å². The van der Waals surface area contributed by atoms with Crippen molar-refractivity contribution in [2.45, 2.75) is 64.6 Å². The highest BCUT2D eigenvalue weighted by Gasteiger charge is 2.51. The molecule has 0 bridgehead atoms. The van der Waals surface area contributed by atoms with Crippen molar-refractivity contribution in [3.63, 3.8) is 0 Å². The van der Waals surface area contributed by atoms with Gasteiger partial charge in [-0.1, -0.05) is 43.2 Å². The minimum Gasteiger partial charge on any atom is -0.444 e. The van der Waals surface area contributed by atoms with Gasteiger partial charge in [0.05, 0.1) is 6.04 Å². The Labute approximate surface area is 152 Å². The van der Waals surface area contributed by atoms with Crippen LogP contribution in [0.5, 0.6) is 0 Å². The van der Waals surface area contributed by atoms with Gasteiger partial charge in [0.2, 0.25) is 0 Å². The third kappa shape index (κ3) is 4.17. The number of nitrogens with zero attached hydrogens (tertiary/aromatic N) is 2. The quantitative estimate of drug-likeness (QED) is 0.819. The standard InChI is InChI=1S/C21H32N2O2/c1-20(2,3)25-19(24)22(4)18-15-23(14-17-10-6-5-7-11-17)16-21(18)12-8-9-13-21/h5-7,10-11,18H,8-9,12-16H2,1-4H3. The molecule has 1 heterocycles. The second-order valence-corrected chi connectivity index (χ2v) is 8.83. The smallest absolute Gasteiger partial charge is 0.410 e. The molecule has 1 atom stereocenters. The van der Waals surface area contributed by atoms with Crippen LogP contribution in [0.1, 0.15) is 52.0 Å². The fourth-order valence-corrected chi connectivity index (χ4v) is 4.58. The molecule has 3 rings (SSSR count). The van der Waals surface area contributed by atoms with Crippen LogP contribution in [0.25, 0.3) is 0 Å². The van der Waals surface area contributed by atoms with Crippen molar-refractivity contribution in [1.29, 1.82) is 0 Å². The number of benzene rings is 1. The maximum Gasteiger partial charge on any atom is 0.410 e. The van der Waals surface area contributed by atoms with E-state index in [9.17, 15) is 4.79 Å². The highest BCUT2D eigenvalue weighted by molar-refractivity contribution is 5.68. The number of likely N-dealkylation sites (tertiary alicyclic amines) is 1. The van der Waals surface area contributed by atoms with Crippen LogP contribution in [-0.2, 0) is 11.3 Å². The van der Waals surface area contributed by atoms with E-state index in [2.05, 4.69) is 35.2 Å². The first-order valence-electron chi connectivity index (χ1n) is 9.51. The lowest BCUT2D eigenvalue weighted by Crippen LogP contribution is -2.48. The van der Waals surface area contributed by atoms with Crippen LogP contribution in [0.15, 0.2) is 30.3 Å². The fourth-order valence-electron chi connectivity index (χ4n) is 4.58. The van der Waals surface area contributed by atoms with Crippen LogP contribution in [0, 0.1) is 5.41 Å². The SMILES string of the molecule is CN(C(=O)OC(C)(C)C)C1CN(Cc2ccccc2)CC12CCCC2. The van der Waals surface area contributed by atoms with Crippen molar-refractivity contribution in [2.75, 3.05) is 20.1 Å². The predicted molar refractivity (Wildman–Crippen MR) is 100 cm³/mol. The zero-order valence-electron chi connectivity index (χ0n) is 16.1. The molecule has 1 spiro atoms. The molecule has 1 amide bonds. The van der Waals surface area contributed by atoms with Crippen LogP contribution in [-0.4, -0.2) is 47.7 Å². The molecule has 4 heteroatoms. The Balaban J connectivity index is 1.73. The van der Waals surface area contributed by atoms with Crippen molar-refractivity contribution < 1.29 is 9.53 Å². The monoisotopic (exact) mass is 344 g/mol. The molecule has 25 heavy (non-hydrogen) atoms. The van der Waals surface area contributed by atoms with E-state index in [1.54, 1.807) is 0 Å². The average Bonchev–Trinajstić information content (AvgIpc) is 3.14. The van der Waals surface area contributed by atoms with E-state index in [-0.39, 0.29) is 17.6 Å². The van der Waals surface area contributed by atoms with Crippen LogP contribution in [0.3, 0.4) is 0 Å². The number of carbonyl (C=O) groups is 1. The second kappa shape index (κ2) is 6.99. The lowest BCUT2D eigenvalue weighted by Gasteiger charge is -2.37. The number of rotatable bonds is 3. The topological polar surface area (TPSA) is 32.8 Å². The van der Waals surface area contributed by atoms with E-state index in [0.717, 1.165) is 19.6 Å². The summed E-state index contributed by atoms with van der Waals surface area (Å²) in [6, 6.07) is 10.9. The number of carbonyl (C=O) groups excluding carboxylic acids is 1. The molecule has 1 aromatic rings. The molecule has 1 saturated heterocycles. The van der Waals surface area contributed by atoms with Crippen molar-refractivity contribution in [3.05, 3.63) is 35.9 Å². The molecule has 2 fully saturated rings. The van der Waals surface area contributed by atoms with Gasteiger partial charge in [0.1, 0.15) is 5.60 Å². The highest BCUT2D eigenvalue weighted by Crippen LogP contribution is 2.47. The van der Waals surface area contributed by atoms with E-state index in [0.29, 0.717) is 0 Å². The van der Waals surface area contributed by atoms with E-state index < -0.39 is 5.60 Å². The molecule has 1 aliphatic carbocycles. The van der Waals surface area contributed by atoms with Crippen molar-refractivity contribution in [3.8, 4) is 0 Å². The maximum atomic E-state index is 12.6. The Morgan fingerprint density at radius 1 is 1.24 bits per heavy atom. The zero-order chi connectivity index (χ0) is 18.1. The van der Waals surface area contributed by atoms with Crippen LogP contribution >= 0.6 is 0 Å². The number of hydrogen-bond donors (Lipinski definition) is 0. The molecule has 0 radical (unpaired) electrons. The van der Waals surface area contributed by atoms with Gasteiger partial charge >= 0.3 is 6.09 Å². The summed E-state index contributed by atoms with van der Waals surface area (Å²) < 4.78 is 5.64. The summed E-state index contributed by atoms with van der Waals surface area (Å²) in [5, 5.41) is 0. The summed E-state index contributed by atoms with van der Waals surface area (Å²) in [6.07, 6.45) is 4.80. The van der Waals surface area contributed by atoms with Gasteiger partial charge in [0.15, 0.2) is 0 Å². The molecule has 1 unspecified atom stereocenters. The lowest BCUT2D eigenvalue weighted by molar-refractivity contribution is 0.0122. The van der Waals surface area contributed by atoms with Crippen molar-refractivity contribution in [2.24, 2.45) is 5.41 Å². The van der Waals surface area contributed by atoms with Gasteiger partial charge in [-0.3, -0.25) is 4.90 Å². The number of hydrogen-bond acceptors (Lipinski definition) is 3. The first-order chi connectivity index (χ1) is 11.8. The Kier molecular flexibility index (Phi) is 5.10. The summed E-state index contributed by atoms with van der Waals surface area (Å²) in [6.45, 7) is 8.77. The van der Waals surface area contributed by atoms with Crippen LogP contribution in [0.4, 0.5) is 4.79 Å². The maximum absolute atomic E-state index is 12.6. The highest BCUT2D eigenvalue weighted by atomic mass is 16.6. The van der Waals surface area contributed by atoms with Crippen LogP contribution in [0.2, 0.25) is 0 Å². The third-order valence-electron chi connectivity index (χ3n) is 5.67. The van der Waals surface area contributed by atoms with Gasteiger partial charge in [-0.15, -0.1) is 0 Å². The molecule has 138 valence electrons. The van der Waals surface area contributed by atoms with Crippen molar-refractivity contribution in [1.82, 2.24) is 9.80 Å². The first-order valence-corrected chi connectivity index (χ1v) is 9.51. The number of likely N-dealkylation sites (N-methyl/N-ethyl adjacent to an activating group) is 1. The lowest BCUT2D eigenvalue weighted by atomic mass is 9.80. The van der Waals surface area contributed by atoms with Crippen LogP contribution < -0.4 is 0 Å². The van der Waals surface area contributed by atoms with Crippen molar-refractivity contribution >= 4 is 6.09 Å². The van der Waals surface area contributed by atoms with E-state index in [1.807, 2.05) is 32.7 Å². The normalized spacial score (nSPS) is 23.1. The Morgan fingerprint density at radius 2 is 1.88 bits per heavy atom. The zero-order valence-corrected chi connectivity index (χ0v) is 16.1. The van der Waals surface area contributed by atoms with Gasteiger partial charge < -0.3 is 9.64 Å². The Morgan fingerprint density at radius 3 is 2.48 bits per heavy atom. The number of amides is 1. The summed E-state index contributed by atoms with van der Waals surface area (Å²) in [5.74, 6) is 0. The molecule has 4 nitrogen and oxygen atoms in total. The van der Waals surface area contributed by atoms with E-state index in [4.69, 9.17) is 4.74 Å². The van der Waals surface area contributed by atoms with Gasteiger partial charge in [-0.25, -0.2) is 4.79 Å². The van der Waals surface area contributed by atoms with Gasteiger partial charge in [0.25, 0.3) is 0 Å². The average molecular weight is 344 g/mol. The molecule has 1 aliphatic heterocycles. The minimum absolute atomic E-state index is 0.190. The third-order valence-corrected chi connectivity index (χ3v) is 5.67. The first kappa shape index (κ1) is 18.2. The number of ether oxygens (including phenoxy) is 1. The molecule has 1 saturated carbocycles. The van der Waals surface area contributed by atoms with E-state index >= 15 is 0 Å². The molecule has 1 aromatic carbocycles. The van der Waals surface area contributed by atoms with Gasteiger partial charge in [-0.05, 0) is 39.2 Å². The molecular formula is C21H32N2O2. The van der Waals surface area contributed by atoms with Gasteiger partial charge in [-0.2, -0.15) is 0 Å².